The molecule has 4 nitrogen and oxygen atoms in total. The van der Waals surface area contributed by atoms with Gasteiger partial charge in [0.2, 0.25) is 5.70 Å². The van der Waals surface area contributed by atoms with Crippen LogP contribution in [0.15, 0.2) is 35.4 Å². The molecular weight excluding hydrogens is 213 g/mol. The van der Waals surface area contributed by atoms with Crippen LogP contribution in [0.2, 0.25) is 0 Å². The highest BCUT2D eigenvalue weighted by Crippen LogP contribution is 2.50. The average molecular weight is 220 g/mol. The Morgan fingerprint density at radius 2 is 2.00 bits per heavy atom. The average Bonchev–Trinajstić information content (AvgIpc) is 2.37. The summed E-state index contributed by atoms with van der Waals surface area (Å²) in [7, 11) is -4.10. The van der Waals surface area contributed by atoms with E-state index in [2.05, 4.69) is 0 Å². The molecule has 2 heterocycles. The fourth-order valence-electron chi connectivity index (χ4n) is 1.22. The number of nitrogens with zero attached hydrogens (tertiary/aromatic N) is 1. The van der Waals surface area contributed by atoms with Crippen LogP contribution >= 0.6 is 7.60 Å². The minimum absolute atomic E-state index is 0. The van der Waals surface area contributed by atoms with Crippen LogP contribution in [0.25, 0.3) is 0 Å². The van der Waals surface area contributed by atoms with Crippen molar-refractivity contribution in [2.45, 2.75) is 0 Å². The van der Waals surface area contributed by atoms with Crippen LogP contribution in [-0.2, 0) is 4.57 Å². The van der Waals surface area contributed by atoms with Crippen LogP contribution in [0.1, 0.15) is 0 Å². The summed E-state index contributed by atoms with van der Waals surface area (Å²) in [6.07, 6.45) is 8.23. The smallest absolute Gasteiger partial charge is 0.363 e. The van der Waals surface area contributed by atoms with Crippen LogP contribution in [0.3, 0.4) is 0 Å². The maximum absolute atomic E-state index is 10.9. The van der Waals surface area contributed by atoms with E-state index in [-0.39, 0.29) is 17.7 Å². The van der Waals surface area contributed by atoms with E-state index in [9.17, 15) is 4.57 Å². The Morgan fingerprint density at radius 3 is 2.62 bits per heavy atom. The Kier molecular flexibility index (Phi) is 2.59. The van der Waals surface area contributed by atoms with Gasteiger partial charge in [0.15, 0.2) is 12.4 Å². The number of halogens is 1. The summed E-state index contributed by atoms with van der Waals surface area (Å²) in [6, 6.07) is 0. The lowest BCUT2D eigenvalue weighted by atomic mass is 10.4. The van der Waals surface area contributed by atoms with Gasteiger partial charge in [0.1, 0.15) is 5.31 Å². The molecule has 0 unspecified atom stereocenters. The molecule has 0 saturated heterocycles. The zero-order valence-electron chi connectivity index (χ0n) is 6.46. The lowest BCUT2D eigenvalue weighted by Crippen LogP contribution is -3.00. The Bertz CT molecular complexity index is 402. The number of rotatable bonds is 1. The maximum atomic E-state index is 10.9. The highest BCUT2D eigenvalue weighted by molar-refractivity contribution is 7.56. The molecule has 0 fully saturated rings. The van der Waals surface area contributed by atoms with Gasteiger partial charge in [0, 0.05) is 18.2 Å². The summed E-state index contributed by atoms with van der Waals surface area (Å²) in [6.45, 7) is 0. The fraction of sp³-hybridized carbons (Fsp3) is 0. The van der Waals surface area contributed by atoms with Crippen molar-refractivity contribution < 1.29 is 31.3 Å². The van der Waals surface area contributed by atoms with Crippen molar-refractivity contribution in [3.8, 4) is 0 Å². The normalized spacial score (nSPS) is 18.8. The van der Waals surface area contributed by atoms with Gasteiger partial charge in [-0.2, -0.15) is 4.58 Å². The molecule has 0 spiro atoms. The standard InChI is InChI=1S/C7H6NO3P.ClH/c9-12(10,11)7-3-5-8-4-1-2-6(7)8;/h1-5H,(H-,9,10,11);1H. The summed E-state index contributed by atoms with van der Waals surface area (Å²) < 4.78 is 12.6. The molecule has 0 atom stereocenters. The van der Waals surface area contributed by atoms with E-state index in [0.717, 1.165) is 0 Å². The van der Waals surface area contributed by atoms with Gasteiger partial charge in [0.05, 0.1) is 0 Å². The SMILES string of the molecule is O=P(O)(O)C1=CC=[N+]2C=CC=C12.[Cl-]. The molecule has 0 aromatic carbocycles. The zero-order chi connectivity index (χ0) is 8.77. The zero-order valence-corrected chi connectivity index (χ0v) is 8.11. The maximum Gasteiger partial charge on any atom is 0.363 e. The highest BCUT2D eigenvalue weighted by Gasteiger charge is 2.35. The molecule has 0 radical (unpaired) electrons. The Hall–Kier alpha value is -0.670. The predicted octanol–water partition coefficient (Wildman–Crippen LogP) is -2.44. The third kappa shape index (κ3) is 1.67. The van der Waals surface area contributed by atoms with Crippen LogP contribution < -0.4 is 12.4 Å². The minimum Gasteiger partial charge on any atom is -1.00 e. The van der Waals surface area contributed by atoms with Gasteiger partial charge in [-0.1, -0.05) is 0 Å². The predicted molar refractivity (Wildman–Crippen MR) is 43.7 cm³/mol. The van der Waals surface area contributed by atoms with Gasteiger partial charge in [0.25, 0.3) is 0 Å². The number of hydrogen-bond donors (Lipinski definition) is 2. The molecule has 2 N–H and O–H groups in total. The number of fused-ring (bicyclic) bond motifs is 1. The monoisotopic (exact) mass is 219 g/mol. The van der Waals surface area contributed by atoms with Crippen LogP contribution in [0, 0.1) is 0 Å². The van der Waals surface area contributed by atoms with Gasteiger partial charge in [-0.3, -0.25) is 4.57 Å². The van der Waals surface area contributed by atoms with Crippen molar-refractivity contribution >= 4 is 13.8 Å². The van der Waals surface area contributed by atoms with Gasteiger partial charge < -0.3 is 22.2 Å². The first-order valence-corrected chi connectivity index (χ1v) is 4.99. The van der Waals surface area contributed by atoms with Crippen molar-refractivity contribution in [3.05, 3.63) is 35.4 Å². The first kappa shape index (κ1) is 10.4. The largest absolute Gasteiger partial charge is 1.00 e. The molecule has 2 rings (SSSR count). The van der Waals surface area contributed by atoms with E-state index in [1.54, 1.807) is 29.1 Å². The molecule has 0 amide bonds. The second-order valence-corrected chi connectivity index (χ2v) is 4.12. The summed E-state index contributed by atoms with van der Waals surface area (Å²) in [5, 5.41) is 0.0903. The lowest BCUT2D eigenvalue weighted by molar-refractivity contribution is -0.381. The van der Waals surface area contributed by atoms with Crippen LogP contribution in [0.4, 0.5) is 0 Å². The summed E-state index contributed by atoms with van der Waals surface area (Å²) in [4.78, 5) is 17.8. The van der Waals surface area contributed by atoms with E-state index in [4.69, 9.17) is 9.79 Å². The molecule has 2 aliphatic heterocycles. The third-order valence-corrected chi connectivity index (χ3v) is 2.75. The van der Waals surface area contributed by atoms with Gasteiger partial charge in [-0.05, 0) is 0 Å². The second-order valence-electron chi connectivity index (χ2n) is 2.55. The molecule has 0 aliphatic carbocycles. The summed E-state index contributed by atoms with van der Waals surface area (Å²) in [5.74, 6) is 0. The molecule has 2 aliphatic rings. The third-order valence-electron chi connectivity index (χ3n) is 1.75. The molecule has 13 heavy (non-hydrogen) atoms. The van der Waals surface area contributed by atoms with Gasteiger partial charge in [-0.15, -0.1) is 0 Å². The summed E-state index contributed by atoms with van der Waals surface area (Å²) in [5.41, 5.74) is 0.573. The van der Waals surface area contributed by atoms with Crippen LogP contribution in [0.5, 0.6) is 0 Å². The van der Waals surface area contributed by atoms with E-state index >= 15 is 0 Å². The second kappa shape index (κ2) is 3.24. The highest BCUT2D eigenvalue weighted by atomic mass is 35.5. The molecule has 6 heteroatoms. The van der Waals surface area contributed by atoms with Gasteiger partial charge >= 0.3 is 7.60 Å². The molecule has 0 saturated carbocycles. The Labute approximate surface area is 81.2 Å². The molecule has 0 bridgehead atoms. The van der Waals surface area contributed by atoms with E-state index < -0.39 is 7.60 Å². The number of hydrogen-bond acceptors (Lipinski definition) is 1. The van der Waals surface area contributed by atoms with Crippen LogP contribution in [-0.4, -0.2) is 20.6 Å². The lowest BCUT2D eigenvalue weighted by Gasteiger charge is -2.01. The Morgan fingerprint density at radius 1 is 1.31 bits per heavy atom. The van der Waals surface area contributed by atoms with E-state index in [1.165, 1.54) is 6.08 Å². The number of allylic oxidation sites excluding steroid dienone is 4. The molecule has 0 aromatic rings. The quantitative estimate of drug-likeness (QED) is 0.381. The van der Waals surface area contributed by atoms with Crippen molar-refractivity contribution in [1.29, 1.82) is 0 Å². The Balaban J connectivity index is 0.000000845. The van der Waals surface area contributed by atoms with Crippen molar-refractivity contribution in [2.24, 2.45) is 0 Å². The first-order chi connectivity index (χ1) is 5.59. The van der Waals surface area contributed by atoms with Gasteiger partial charge in [-0.25, -0.2) is 0 Å². The van der Waals surface area contributed by atoms with Crippen molar-refractivity contribution in [2.75, 3.05) is 0 Å². The van der Waals surface area contributed by atoms with E-state index in [0.29, 0.717) is 5.70 Å². The minimum atomic E-state index is -4.10. The first-order valence-electron chi connectivity index (χ1n) is 3.37. The summed E-state index contributed by atoms with van der Waals surface area (Å²) >= 11 is 0. The van der Waals surface area contributed by atoms with Crippen molar-refractivity contribution in [1.82, 2.24) is 0 Å². The topological polar surface area (TPSA) is 60.5 Å². The molecule has 70 valence electrons. The van der Waals surface area contributed by atoms with Crippen molar-refractivity contribution in [3.63, 3.8) is 0 Å². The van der Waals surface area contributed by atoms with E-state index in [1.807, 2.05) is 0 Å². The molecule has 0 aromatic heterocycles. The fourth-order valence-corrected chi connectivity index (χ4v) is 1.97. The molecular formula is C7H7ClNO3P.